The third kappa shape index (κ3) is 2.39. The van der Waals surface area contributed by atoms with Gasteiger partial charge in [-0.1, -0.05) is 12.1 Å². The molecule has 0 spiro atoms. The van der Waals surface area contributed by atoms with Crippen LogP contribution < -0.4 is 11.1 Å². The van der Waals surface area contributed by atoms with Gasteiger partial charge in [0.15, 0.2) is 4.96 Å². The molecule has 0 radical (unpaired) electrons. The summed E-state index contributed by atoms with van der Waals surface area (Å²) in [4.78, 5) is 36.3. The minimum absolute atomic E-state index is 0.0637. The highest BCUT2D eigenvalue weighted by atomic mass is 32.1. The van der Waals surface area contributed by atoms with Crippen LogP contribution in [0.15, 0.2) is 46.2 Å². The summed E-state index contributed by atoms with van der Waals surface area (Å²) in [7, 11) is 0. The Morgan fingerprint density at radius 1 is 1.12 bits per heavy atom. The molecule has 130 valence electrons. The molecule has 7 heteroatoms. The summed E-state index contributed by atoms with van der Waals surface area (Å²) in [5.41, 5.74) is 2.19. The van der Waals surface area contributed by atoms with Crippen LogP contribution in [-0.2, 0) is 19.4 Å². The van der Waals surface area contributed by atoms with E-state index < -0.39 is 0 Å². The number of thiazole rings is 1. The van der Waals surface area contributed by atoms with Crippen LogP contribution in [0.1, 0.15) is 29.1 Å². The second kappa shape index (κ2) is 5.88. The molecule has 3 heterocycles. The average Bonchev–Trinajstić information content (AvgIpc) is 3.03. The molecule has 0 bridgehead atoms. The van der Waals surface area contributed by atoms with Gasteiger partial charge >= 0.3 is 0 Å². The molecule has 1 aromatic carbocycles. The molecule has 0 unspecified atom stereocenters. The van der Waals surface area contributed by atoms with E-state index >= 15 is 0 Å². The number of rotatable bonds is 2. The molecular formula is C19H16N4O2S. The van der Waals surface area contributed by atoms with Crippen molar-refractivity contribution in [3.05, 3.63) is 73.6 Å². The summed E-state index contributed by atoms with van der Waals surface area (Å²) in [5, 5.41) is 0.569. The molecule has 0 saturated heterocycles. The van der Waals surface area contributed by atoms with Crippen molar-refractivity contribution in [3.63, 3.8) is 0 Å². The molecule has 0 fully saturated rings. The van der Waals surface area contributed by atoms with Crippen LogP contribution in [0.4, 0.5) is 0 Å². The van der Waals surface area contributed by atoms with Crippen LogP contribution in [-0.4, -0.2) is 18.9 Å². The predicted molar refractivity (Wildman–Crippen MR) is 101 cm³/mol. The van der Waals surface area contributed by atoms with Gasteiger partial charge in [-0.05, 0) is 37.8 Å². The second-order valence-electron chi connectivity index (χ2n) is 6.58. The lowest BCUT2D eigenvalue weighted by molar-refractivity contribution is 0.668. The topological polar surface area (TPSA) is 69.3 Å². The Bertz CT molecular complexity index is 1270. The van der Waals surface area contributed by atoms with Crippen molar-refractivity contribution in [3.8, 4) is 0 Å². The number of para-hydroxylation sites is 1. The highest BCUT2D eigenvalue weighted by Gasteiger charge is 2.18. The second-order valence-corrected chi connectivity index (χ2v) is 7.64. The Balaban J connectivity index is 1.61. The molecular weight excluding hydrogens is 348 g/mol. The fourth-order valence-electron chi connectivity index (χ4n) is 3.62. The van der Waals surface area contributed by atoms with Gasteiger partial charge < -0.3 is 0 Å². The van der Waals surface area contributed by atoms with Crippen molar-refractivity contribution < 1.29 is 0 Å². The van der Waals surface area contributed by atoms with E-state index in [2.05, 4.69) is 9.97 Å². The summed E-state index contributed by atoms with van der Waals surface area (Å²) in [6.45, 7) is 0.241. The van der Waals surface area contributed by atoms with Crippen LogP contribution in [0.5, 0.6) is 0 Å². The normalized spacial score (nSPS) is 14.0. The SMILES string of the molecule is O=c1c2ccccc2ncn1Cc1cc(=O)n2c3c(sc2n1)CCCC3. The first kappa shape index (κ1) is 15.5. The smallest absolute Gasteiger partial charge is 0.261 e. The fraction of sp³-hybridized carbons (Fsp3) is 0.263. The van der Waals surface area contributed by atoms with Gasteiger partial charge in [-0.25, -0.2) is 9.97 Å². The van der Waals surface area contributed by atoms with E-state index in [-0.39, 0.29) is 17.7 Å². The maximum atomic E-state index is 12.7. The van der Waals surface area contributed by atoms with E-state index in [9.17, 15) is 9.59 Å². The van der Waals surface area contributed by atoms with Gasteiger partial charge in [0.25, 0.3) is 11.1 Å². The summed E-state index contributed by atoms with van der Waals surface area (Å²) in [6.07, 6.45) is 5.76. The minimum atomic E-state index is -0.122. The Morgan fingerprint density at radius 2 is 1.96 bits per heavy atom. The predicted octanol–water partition coefficient (Wildman–Crippen LogP) is 2.39. The molecule has 6 nitrogen and oxygen atoms in total. The molecule has 3 aromatic heterocycles. The summed E-state index contributed by atoms with van der Waals surface area (Å²) < 4.78 is 3.25. The molecule has 0 N–H and O–H groups in total. The lowest BCUT2D eigenvalue weighted by atomic mass is 10.0. The maximum absolute atomic E-state index is 12.7. The van der Waals surface area contributed by atoms with E-state index in [1.54, 1.807) is 21.8 Å². The molecule has 4 aromatic rings. The first-order chi connectivity index (χ1) is 12.7. The van der Waals surface area contributed by atoms with Crippen molar-refractivity contribution in [1.29, 1.82) is 0 Å². The largest absolute Gasteiger partial charge is 0.293 e. The van der Waals surface area contributed by atoms with Gasteiger partial charge in [0.2, 0.25) is 0 Å². The standard InChI is InChI=1S/C19H16N4O2S/c24-17-9-12(21-19-23(17)15-7-3-4-8-16(15)26-19)10-22-11-20-14-6-2-1-5-13(14)18(22)25/h1-2,5-6,9,11H,3-4,7-8,10H2. The van der Waals surface area contributed by atoms with Crippen LogP contribution in [0.2, 0.25) is 0 Å². The number of hydrogen-bond acceptors (Lipinski definition) is 5. The molecule has 0 aliphatic heterocycles. The first-order valence-electron chi connectivity index (χ1n) is 8.68. The first-order valence-corrected chi connectivity index (χ1v) is 9.50. The molecule has 1 aliphatic rings. The van der Waals surface area contributed by atoms with E-state index in [1.807, 2.05) is 18.2 Å². The minimum Gasteiger partial charge on any atom is -0.293 e. The zero-order valence-electron chi connectivity index (χ0n) is 14.0. The van der Waals surface area contributed by atoms with Crippen molar-refractivity contribution in [2.45, 2.75) is 32.2 Å². The number of fused-ring (bicyclic) bond motifs is 4. The van der Waals surface area contributed by atoms with Crippen molar-refractivity contribution in [2.75, 3.05) is 0 Å². The van der Waals surface area contributed by atoms with Gasteiger partial charge in [-0.15, -0.1) is 11.3 Å². The summed E-state index contributed by atoms with van der Waals surface area (Å²) in [5.74, 6) is 0. The molecule has 0 saturated carbocycles. The Labute approximate surface area is 152 Å². The summed E-state index contributed by atoms with van der Waals surface area (Å²) >= 11 is 1.59. The summed E-state index contributed by atoms with van der Waals surface area (Å²) in [6, 6.07) is 8.79. The van der Waals surface area contributed by atoms with Gasteiger partial charge in [0.1, 0.15) is 0 Å². The van der Waals surface area contributed by atoms with E-state index in [4.69, 9.17) is 0 Å². The number of aryl methyl sites for hydroxylation is 2. The van der Waals surface area contributed by atoms with Crippen LogP contribution in [0, 0.1) is 0 Å². The lowest BCUT2D eigenvalue weighted by Gasteiger charge is -2.10. The van der Waals surface area contributed by atoms with E-state index in [0.717, 1.165) is 29.9 Å². The molecule has 1 aliphatic carbocycles. The van der Waals surface area contributed by atoms with Gasteiger partial charge in [-0.3, -0.25) is 18.6 Å². The maximum Gasteiger partial charge on any atom is 0.261 e. The Kier molecular flexibility index (Phi) is 3.49. The lowest BCUT2D eigenvalue weighted by Crippen LogP contribution is -2.24. The Morgan fingerprint density at radius 3 is 2.88 bits per heavy atom. The number of benzene rings is 1. The third-order valence-corrected chi connectivity index (χ3v) is 6.02. The van der Waals surface area contributed by atoms with E-state index in [0.29, 0.717) is 16.6 Å². The molecule has 26 heavy (non-hydrogen) atoms. The van der Waals surface area contributed by atoms with Crippen LogP contribution in [0.25, 0.3) is 15.9 Å². The fourth-order valence-corrected chi connectivity index (χ4v) is 4.85. The van der Waals surface area contributed by atoms with Gasteiger partial charge in [0.05, 0.1) is 29.5 Å². The number of hydrogen-bond donors (Lipinski definition) is 0. The molecule has 5 rings (SSSR count). The van der Waals surface area contributed by atoms with Crippen LogP contribution in [0.3, 0.4) is 0 Å². The monoisotopic (exact) mass is 364 g/mol. The molecule has 0 atom stereocenters. The highest BCUT2D eigenvalue weighted by Crippen LogP contribution is 2.28. The zero-order chi connectivity index (χ0) is 17.7. The van der Waals surface area contributed by atoms with Gasteiger partial charge in [-0.2, -0.15) is 0 Å². The zero-order valence-corrected chi connectivity index (χ0v) is 14.8. The number of aromatic nitrogens is 4. The van der Waals surface area contributed by atoms with Crippen molar-refractivity contribution in [2.24, 2.45) is 0 Å². The van der Waals surface area contributed by atoms with Gasteiger partial charge in [0, 0.05) is 16.6 Å². The van der Waals surface area contributed by atoms with Crippen LogP contribution >= 0.6 is 11.3 Å². The van der Waals surface area contributed by atoms with Crippen molar-refractivity contribution in [1.82, 2.24) is 18.9 Å². The highest BCUT2D eigenvalue weighted by molar-refractivity contribution is 7.17. The van der Waals surface area contributed by atoms with Crippen molar-refractivity contribution >= 4 is 27.2 Å². The average molecular weight is 364 g/mol. The Hall–Kier alpha value is -2.80. The van der Waals surface area contributed by atoms with E-state index in [1.165, 1.54) is 28.3 Å². The quantitative estimate of drug-likeness (QED) is 0.548. The third-order valence-electron chi connectivity index (χ3n) is 4.88. The number of nitrogens with zero attached hydrogens (tertiary/aromatic N) is 4. The molecule has 0 amide bonds.